The standard InChI is InChI=1S/C10H17BrN4O/c1-7-4-15(5-8(2)16-7)6-9-12-10(11)13-14(9)3/h7-8H,4-6H2,1-3H3/t7-,8+. The van der Waals surface area contributed by atoms with Gasteiger partial charge in [-0.15, -0.1) is 5.10 Å². The van der Waals surface area contributed by atoms with Crippen molar-refractivity contribution in [1.82, 2.24) is 19.7 Å². The number of morpholine rings is 1. The summed E-state index contributed by atoms with van der Waals surface area (Å²) < 4.78 is 8.16. The maximum atomic E-state index is 5.70. The van der Waals surface area contributed by atoms with E-state index in [4.69, 9.17) is 4.74 Å². The Kier molecular flexibility index (Phi) is 3.61. The molecule has 2 atom stereocenters. The zero-order valence-electron chi connectivity index (χ0n) is 9.85. The molecule has 0 N–H and O–H groups in total. The average Bonchev–Trinajstić information content (AvgIpc) is 2.43. The predicted molar refractivity (Wildman–Crippen MR) is 64.0 cm³/mol. The molecule has 2 rings (SSSR count). The molecule has 1 saturated heterocycles. The summed E-state index contributed by atoms with van der Waals surface area (Å²) in [4.78, 5) is 6.70. The van der Waals surface area contributed by atoms with Crippen LogP contribution in [0.3, 0.4) is 0 Å². The monoisotopic (exact) mass is 288 g/mol. The van der Waals surface area contributed by atoms with E-state index in [0.717, 1.165) is 25.5 Å². The molecule has 0 unspecified atom stereocenters. The topological polar surface area (TPSA) is 43.2 Å². The molecule has 2 heterocycles. The SMILES string of the molecule is C[C@@H]1CN(Cc2nc(Br)nn2C)C[C@H](C)O1. The Morgan fingerprint density at radius 2 is 2.00 bits per heavy atom. The first kappa shape index (κ1) is 12.0. The van der Waals surface area contributed by atoms with Gasteiger partial charge in [-0.2, -0.15) is 0 Å². The Bertz CT molecular complexity index is 358. The summed E-state index contributed by atoms with van der Waals surface area (Å²) in [6.07, 6.45) is 0.584. The number of ether oxygens (including phenoxy) is 1. The molecule has 1 aliphatic heterocycles. The number of aryl methyl sites for hydroxylation is 1. The quantitative estimate of drug-likeness (QED) is 0.820. The van der Waals surface area contributed by atoms with Crippen LogP contribution in [0.15, 0.2) is 4.73 Å². The smallest absolute Gasteiger partial charge is 0.217 e. The zero-order chi connectivity index (χ0) is 11.7. The van der Waals surface area contributed by atoms with Crippen molar-refractivity contribution in [3.63, 3.8) is 0 Å². The van der Waals surface area contributed by atoms with Crippen LogP contribution in [0.4, 0.5) is 0 Å². The van der Waals surface area contributed by atoms with E-state index in [2.05, 4.69) is 44.8 Å². The molecule has 0 aliphatic carbocycles. The fraction of sp³-hybridized carbons (Fsp3) is 0.800. The highest BCUT2D eigenvalue weighted by Gasteiger charge is 2.23. The Morgan fingerprint density at radius 1 is 1.38 bits per heavy atom. The maximum absolute atomic E-state index is 5.70. The molecule has 0 aromatic carbocycles. The minimum atomic E-state index is 0.292. The van der Waals surface area contributed by atoms with Crippen molar-refractivity contribution in [2.45, 2.75) is 32.6 Å². The first-order valence-electron chi connectivity index (χ1n) is 5.48. The van der Waals surface area contributed by atoms with Crippen LogP contribution in [0.5, 0.6) is 0 Å². The Morgan fingerprint density at radius 3 is 2.50 bits per heavy atom. The van der Waals surface area contributed by atoms with E-state index in [1.54, 1.807) is 0 Å². The molecule has 0 saturated carbocycles. The molecule has 1 aromatic rings. The second-order valence-corrected chi connectivity index (χ2v) is 5.08. The highest BCUT2D eigenvalue weighted by Crippen LogP contribution is 2.14. The van der Waals surface area contributed by atoms with Crippen molar-refractivity contribution in [3.05, 3.63) is 10.6 Å². The van der Waals surface area contributed by atoms with Gasteiger partial charge in [-0.1, -0.05) is 0 Å². The van der Waals surface area contributed by atoms with Crippen LogP contribution in [0, 0.1) is 0 Å². The van der Waals surface area contributed by atoms with Crippen molar-refractivity contribution in [2.24, 2.45) is 7.05 Å². The van der Waals surface area contributed by atoms with Crippen LogP contribution in [0.25, 0.3) is 0 Å². The third kappa shape index (κ3) is 2.81. The Hall–Kier alpha value is -0.460. The van der Waals surface area contributed by atoms with Gasteiger partial charge >= 0.3 is 0 Å². The molecule has 0 radical (unpaired) electrons. The van der Waals surface area contributed by atoms with E-state index >= 15 is 0 Å². The number of hydrogen-bond acceptors (Lipinski definition) is 4. The lowest BCUT2D eigenvalue weighted by atomic mass is 10.2. The molecule has 0 amide bonds. The van der Waals surface area contributed by atoms with Gasteiger partial charge in [0.2, 0.25) is 4.73 Å². The van der Waals surface area contributed by atoms with E-state index < -0.39 is 0 Å². The van der Waals surface area contributed by atoms with Crippen molar-refractivity contribution in [1.29, 1.82) is 0 Å². The summed E-state index contributed by atoms with van der Waals surface area (Å²) in [5.41, 5.74) is 0. The van der Waals surface area contributed by atoms with Gasteiger partial charge in [-0.3, -0.25) is 9.58 Å². The molecule has 5 nitrogen and oxygen atoms in total. The molecule has 0 bridgehead atoms. The van der Waals surface area contributed by atoms with E-state index in [1.165, 1.54) is 0 Å². The van der Waals surface area contributed by atoms with Crippen LogP contribution < -0.4 is 0 Å². The molecular weight excluding hydrogens is 272 g/mol. The van der Waals surface area contributed by atoms with Crippen molar-refractivity contribution < 1.29 is 4.74 Å². The Labute approximate surface area is 104 Å². The van der Waals surface area contributed by atoms with Gasteiger partial charge in [0, 0.05) is 20.1 Å². The highest BCUT2D eigenvalue weighted by molar-refractivity contribution is 9.10. The van der Waals surface area contributed by atoms with Crippen molar-refractivity contribution in [2.75, 3.05) is 13.1 Å². The lowest BCUT2D eigenvalue weighted by Crippen LogP contribution is -2.45. The van der Waals surface area contributed by atoms with Crippen LogP contribution in [-0.4, -0.2) is 45.0 Å². The molecule has 0 spiro atoms. The number of hydrogen-bond donors (Lipinski definition) is 0. The number of aromatic nitrogens is 3. The molecule has 1 fully saturated rings. The van der Waals surface area contributed by atoms with Crippen molar-refractivity contribution >= 4 is 15.9 Å². The first-order valence-corrected chi connectivity index (χ1v) is 6.27. The fourth-order valence-electron chi connectivity index (χ4n) is 2.13. The van der Waals surface area contributed by atoms with Crippen molar-refractivity contribution in [3.8, 4) is 0 Å². The summed E-state index contributed by atoms with van der Waals surface area (Å²) in [6.45, 7) is 6.95. The lowest BCUT2D eigenvalue weighted by Gasteiger charge is -2.34. The van der Waals surface area contributed by atoms with Gasteiger partial charge in [0.05, 0.1) is 18.8 Å². The third-order valence-electron chi connectivity index (χ3n) is 2.69. The van der Waals surface area contributed by atoms with E-state index in [-0.39, 0.29) is 0 Å². The third-order valence-corrected chi connectivity index (χ3v) is 3.02. The van der Waals surface area contributed by atoms with Gasteiger partial charge in [0.25, 0.3) is 0 Å². The molecule has 1 aliphatic rings. The van der Waals surface area contributed by atoms with Gasteiger partial charge in [-0.05, 0) is 29.8 Å². The summed E-state index contributed by atoms with van der Waals surface area (Å²) in [5.74, 6) is 0.980. The first-order chi connectivity index (χ1) is 7.54. The molecule has 90 valence electrons. The number of halogens is 1. The highest BCUT2D eigenvalue weighted by atomic mass is 79.9. The minimum absolute atomic E-state index is 0.292. The van der Waals surface area contributed by atoms with E-state index in [1.807, 2.05) is 11.7 Å². The van der Waals surface area contributed by atoms with E-state index in [0.29, 0.717) is 16.9 Å². The molecule has 16 heavy (non-hydrogen) atoms. The molecule has 1 aromatic heterocycles. The van der Waals surface area contributed by atoms with Gasteiger partial charge < -0.3 is 4.74 Å². The normalized spacial score (nSPS) is 27.2. The minimum Gasteiger partial charge on any atom is -0.373 e. The fourth-order valence-corrected chi connectivity index (χ4v) is 2.58. The van der Waals surface area contributed by atoms with Crippen LogP contribution in [-0.2, 0) is 18.3 Å². The average molecular weight is 289 g/mol. The number of nitrogens with zero attached hydrogens (tertiary/aromatic N) is 4. The predicted octanol–water partition coefficient (Wildman–Crippen LogP) is 1.19. The number of rotatable bonds is 2. The summed E-state index contributed by atoms with van der Waals surface area (Å²) in [7, 11) is 1.92. The second kappa shape index (κ2) is 4.81. The molecule has 6 heteroatoms. The van der Waals surface area contributed by atoms with Gasteiger partial charge in [0.1, 0.15) is 5.82 Å². The lowest BCUT2D eigenvalue weighted by molar-refractivity contribution is -0.0713. The summed E-state index contributed by atoms with van der Waals surface area (Å²) in [5, 5.41) is 4.18. The maximum Gasteiger partial charge on any atom is 0.217 e. The van der Waals surface area contributed by atoms with Crippen LogP contribution in [0.2, 0.25) is 0 Å². The summed E-state index contributed by atoms with van der Waals surface area (Å²) >= 11 is 3.29. The van der Waals surface area contributed by atoms with Crippen LogP contribution >= 0.6 is 15.9 Å². The summed E-state index contributed by atoms with van der Waals surface area (Å²) in [6, 6.07) is 0. The Balaban J connectivity index is 2.01. The second-order valence-electron chi connectivity index (χ2n) is 4.37. The largest absolute Gasteiger partial charge is 0.373 e. The zero-order valence-corrected chi connectivity index (χ0v) is 11.4. The van der Waals surface area contributed by atoms with Gasteiger partial charge in [-0.25, -0.2) is 4.98 Å². The van der Waals surface area contributed by atoms with Gasteiger partial charge in [0.15, 0.2) is 0 Å². The molecular formula is C10H17BrN4O. The van der Waals surface area contributed by atoms with Crippen LogP contribution in [0.1, 0.15) is 19.7 Å². The van der Waals surface area contributed by atoms with E-state index in [9.17, 15) is 0 Å².